The molecule has 0 aliphatic heterocycles. The summed E-state index contributed by atoms with van der Waals surface area (Å²) in [5, 5.41) is 0. The van der Waals surface area contributed by atoms with E-state index in [9.17, 15) is 0 Å². The molecule has 1 nitrogen and oxygen atoms in total. The standard InChI is InChI=1S/C9H20O/c1-8(2)9(3)6-5-7-10-4/h8-9H,5-7H2,1-4H3/t9-/m1/s1. The second-order valence-electron chi connectivity index (χ2n) is 3.36. The number of ether oxygens (including phenoxy) is 1. The molecule has 0 bridgehead atoms. The lowest BCUT2D eigenvalue weighted by atomic mass is 9.93. The first-order valence-corrected chi connectivity index (χ1v) is 4.17. The quantitative estimate of drug-likeness (QED) is 0.539. The maximum Gasteiger partial charge on any atom is 0.0462 e. The van der Waals surface area contributed by atoms with Crippen molar-refractivity contribution in [1.82, 2.24) is 0 Å². The first-order chi connectivity index (χ1) is 4.68. The summed E-state index contributed by atoms with van der Waals surface area (Å²) in [6.07, 6.45) is 2.50. The Morgan fingerprint density at radius 2 is 1.80 bits per heavy atom. The first kappa shape index (κ1) is 9.96. The highest BCUT2D eigenvalue weighted by molar-refractivity contribution is 4.56. The summed E-state index contributed by atoms with van der Waals surface area (Å²) in [6.45, 7) is 7.77. The van der Waals surface area contributed by atoms with Gasteiger partial charge in [0.1, 0.15) is 0 Å². The maximum absolute atomic E-state index is 4.97. The average Bonchev–Trinajstić information content (AvgIpc) is 1.88. The van der Waals surface area contributed by atoms with Gasteiger partial charge in [-0.3, -0.25) is 0 Å². The molecule has 0 aromatic rings. The van der Waals surface area contributed by atoms with E-state index in [0.29, 0.717) is 0 Å². The Hall–Kier alpha value is -0.0400. The van der Waals surface area contributed by atoms with Crippen LogP contribution in [0.3, 0.4) is 0 Å². The molecule has 10 heavy (non-hydrogen) atoms. The van der Waals surface area contributed by atoms with Crippen molar-refractivity contribution in [2.24, 2.45) is 11.8 Å². The van der Waals surface area contributed by atoms with Gasteiger partial charge in [0, 0.05) is 13.7 Å². The Bertz CT molecular complexity index is 69.1. The second-order valence-corrected chi connectivity index (χ2v) is 3.36. The highest BCUT2D eigenvalue weighted by Gasteiger charge is 2.05. The van der Waals surface area contributed by atoms with Crippen molar-refractivity contribution in [1.29, 1.82) is 0 Å². The van der Waals surface area contributed by atoms with Gasteiger partial charge < -0.3 is 4.74 Å². The monoisotopic (exact) mass is 144 g/mol. The summed E-state index contributed by atoms with van der Waals surface area (Å²) in [5.74, 6) is 1.66. The molecule has 0 amide bonds. The Labute approximate surface area is 64.8 Å². The fourth-order valence-corrected chi connectivity index (χ4v) is 0.883. The van der Waals surface area contributed by atoms with Crippen molar-refractivity contribution in [2.45, 2.75) is 33.6 Å². The largest absolute Gasteiger partial charge is 0.385 e. The number of rotatable bonds is 5. The van der Waals surface area contributed by atoms with Crippen LogP contribution in [0.1, 0.15) is 33.6 Å². The lowest BCUT2D eigenvalue weighted by Gasteiger charge is -2.14. The third-order valence-corrected chi connectivity index (χ3v) is 2.15. The van der Waals surface area contributed by atoms with Crippen molar-refractivity contribution in [3.63, 3.8) is 0 Å². The predicted molar refractivity (Wildman–Crippen MR) is 45.1 cm³/mol. The van der Waals surface area contributed by atoms with Crippen molar-refractivity contribution in [3.05, 3.63) is 0 Å². The third-order valence-electron chi connectivity index (χ3n) is 2.15. The number of hydrogen-bond donors (Lipinski definition) is 0. The number of methoxy groups -OCH3 is 1. The fraction of sp³-hybridized carbons (Fsp3) is 1.00. The number of hydrogen-bond acceptors (Lipinski definition) is 1. The van der Waals surface area contributed by atoms with Gasteiger partial charge in [-0.05, 0) is 24.7 Å². The first-order valence-electron chi connectivity index (χ1n) is 4.17. The van der Waals surface area contributed by atoms with Crippen LogP contribution in [0.2, 0.25) is 0 Å². The van der Waals surface area contributed by atoms with Gasteiger partial charge in [0.15, 0.2) is 0 Å². The van der Waals surface area contributed by atoms with Gasteiger partial charge in [-0.1, -0.05) is 20.8 Å². The minimum atomic E-state index is 0.817. The Morgan fingerprint density at radius 1 is 1.20 bits per heavy atom. The summed E-state index contributed by atoms with van der Waals surface area (Å²) < 4.78 is 4.97. The van der Waals surface area contributed by atoms with E-state index in [1.807, 2.05) is 0 Å². The van der Waals surface area contributed by atoms with Crippen LogP contribution >= 0.6 is 0 Å². The second kappa shape index (κ2) is 5.72. The van der Waals surface area contributed by atoms with Crippen LogP contribution in [0.25, 0.3) is 0 Å². The van der Waals surface area contributed by atoms with Crippen LogP contribution in [0.5, 0.6) is 0 Å². The average molecular weight is 144 g/mol. The molecule has 0 aromatic carbocycles. The van der Waals surface area contributed by atoms with Gasteiger partial charge in [-0.25, -0.2) is 0 Å². The molecule has 0 unspecified atom stereocenters. The Kier molecular flexibility index (Phi) is 5.70. The van der Waals surface area contributed by atoms with Gasteiger partial charge >= 0.3 is 0 Å². The topological polar surface area (TPSA) is 9.23 Å². The highest BCUT2D eigenvalue weighted by Crippen LogP contribution is 2.15. The molecular weight excluding hydrogens is 124 g/mol. The van der Waals surface area contributed by atoms with Gasteiger partial charge in [0.05, 0.1) is 0 Å². The summed E-state index contributed by atoms with van der Waals surface area (Å²) in [7, 11) is 1.76. The lowest BCUT2D eigenvalue weighted by Crippen LogP contribution is -2.04. The molecule has 0 saturated carbocycles. The predicted octanol–water partition coefficient (Wildman–Crippen LogP) is 2.71. The summed E-state index contributed by atoms with van der Waals surface area (Å²) >= 11 is 0. The molecule has 62 valence electrons. The van der Waals surface area contributed by atoms with Crippen LogP contribution in [-0.2, 0) is 4.74 Å². The molecule has 0 rings (SSSR count). The van der Waals surface area contributed by atoms with E-state index in [2.05, 4.69) is 20.8 Å². The zero-order valence-corrected chi connectivity index (χ0v) is 7.68. The minimum absolute atomic E-state index is 0.817. The zero-order valence-electron chi connectivity index (χ0n) is 7.68. The van der Waals surface area contributed by atoms with Crippen LogP contribution in [0, 0.1) is 11.8 Å². The van der Waals surface area contributed by atoms with Gasteiger partial charge in [0.25, 0.3) is 0 Å². The van der Waals surface area contributed by atoms with E-state index in [1.54, 1.807) is 7.11 Å². The maximum atomic E-state index is 4.97. The van der Waals surface area contributed by atoms with E-state index < -0.39 is 0 Å². The normalized spacial score (nSPS) is 14.1. The molecule has 0 radical (unpaired) electrons. The molecule has 0 aromatic heterocycles. The van der Waals surface area contributed by atoms with Crippen LogP contribution in [0.4, 0.5) is 0 Å². The molecule has 0 saturated heterocycles. The lowest BCUT2D eigenvalue weighted by molar-refractivity contribution is 0.183. The van der Waals surface area contributed by atoms with Crippen LogP contribution in [-0.4, -0.2) is 13.7 Å². The smallest absolute Gasteiger partial charge is 0.0462 e. The minimum Gasteiger partial charge on any atom is -0.385 e. The van der Waals surface area contributed by atoms with Crippen LogP contribution in [0.15, 0.2) is 0 Å². The van der Waals surface area contributed by atoms with E-state index in [-0.39, 0.29) is 0 Å². The zero-order chi connectivity index (χ0) is 7.98. The molecule has 0 aliphatic carbocycles. The molecule has 0 spiro atoms. The molecule has 1 heteroatoms. The van der Waals surface area contributed by atoms with Gasteiger partial charge in [-0.2, -0.15) is 0 Å². The molecule has 0 N–H and O–H groups in total. The molecule has 0 heterocycles. The van der Waals surface area contributed by atoms with E-state index in [1.165, 1.54) is 12.8 Å². The van der Waals surface area contributed by atoms with Crippen LogP contribution < -0.4 is 0 Å². The third kappa shape index (κ3) is 4.80. The molecule has 1 atom stereocenters. The highest BCUT2D eigenvalue weighted by atomic mass is 16.5. The summed E-state index contributed by atoms with van der Waals surface area (Å²) in [4.78, 5) is 0. The van der Waals surface area contributed by atoms with Crippen molar-refractivity contribution in [2.75, 3.05) is 13.7 Å². The molecule has 0 aliphatic rings. The Balaban J connectivity index is 3.13. The van der Waals surface area contributed by atoms with E-state index >= 15 is 0 Å². The van der Waals surface area contributed by atoms with Crippen molar-refractivity contribution >= 4 is 0 Å². The van der Waals surface area contributed by atoms with Crippen molar-refractivity contribution in [3.8, 4) is 0 Å². The van der Waals surface area contributed by atoms with E-state index in [0.717, 1.165) is 18.4 Å². The van der Waals surface area contributed by atoms with Crippen molar-refractivity contribution < 1.29 is 4.74 Å². The summed E-state index contributed by atoms with van der Waals surface area (Å²) in [6, 6.07) is 0. The molecule has 0 fully saturated rings. The summed E-state index contributed by atoms with van der Waals surface area (Å²) in [5.41, 5.74) is 0. The molecular formula is C9H20O. The Morgan fingerprint density at radius 3 is 2.20 bits per heavy atom. The van der Waals surface area contributed by atoms with Gasteiger partial charge in [-0.15, -0.1) is 0 Å². The SMILES string of the molecule is COCCC[C@@H](C)C(C)C. The van der Waals surface area contributed by atoms with E-state index in [4.69, 9.17) is 4.74 Å². The van der Waals surface area contributed by atoms with Gasteiger partial charge in [0.2, 0.25) is 0 Å². The fourth-order valence-electron chi connectivity index (χ4n) is 0.883.